The first-order valence-corrected chi connectivity index (χ1v) is 31.1. The minimum Gasteiger partial charge on any atom is -0.545 e. The molecule has 9 nitrogen and oxygen atoms in total. The third-order valence-corrected chi connectivity index (χ3v) is 13.4. The number of carbonyl (C=O) groups is 3. The summed E-state index contributed by atoms with van der Waals surface area (Å²) in [6, 6.07) is 0. The lowest BCUT2D eigenvalue weighted by atomic mass is 10.0. The van der Waals surface area contributed by atoms with E-state index in [9.17, 15) is 19.5 Å². The van der Waals surface area contributed by atoms with E-state index in [0.717, 1.165) is 83.5 Å². The summed E-state index contributed by atoms with van der Waals surface area (Å²) < 4.78 is 22.7. The van der Waals surface area contributed by atoms with E-state index in [1.165, 1.54) is 154 Å². The highest BCUT2D eigenvalue weighted by atomic mass is 16.7. The number of likely N-dealkylation sites (N-methyl/N-ethyl adjacent to an activating group) is 1. The van der Waals surface area contributed by atoms with Gasteiger partial charge in [0.15, 0.2) is 12.4 Å². The molecule has 0 N–H and O–H groups in total. The van der Waals surface area contributed by atoms with E-state index in [-0.39, 0.29) is 38.6 Å². The highest BCUT2D eigenvalue weighted by molar-refractivity contribution is 5.70. The third-order valence-electron chi connectivity index (χ3n) is 13.4. The summed E-state index contributed by atoms with van der Waals surface area (Å²) in [5.74, 6) is -2.28. The minimum absolute atomic E-state index is 0.146. The van der Waals surface area contributed by atoms with Crippen LogP contribution in [0.3, 0.4) is 0 Å². The zero-order chi connectivity index (χ0) is 54.8. The lowest BCUT2D eigenvalue weighted by Gasteiger charge is -2.26. The quantitative estimate of drug-likeness (QED) is 0.0195. The Morgan fingerprint density at radius 1 is 0.413 bits per heavy atom. The Labute approximate surface area is 462 Å². The largest absolute Gasteiger partial charge is 0.545 e. The molecule has 2 atom stereocenters. The zero-order valence-corrected chi connectivity index (χ0v) is 49.4. The molecule has 9 heteroatoms. The minimum atomic E-state index is -1.62. The van der Waals surface area contributed by atoms with Gasteiger partial charge in [0, 0.05) is 12.8 Å². The Morgan fingerprint density at radius 2 is 0.760 bits per heavy atom. The number of carbonyl (C=O) groups excluding carboxylic acids is 3. The number of unbranched alkanes of at least 4 members (excludes halogenated alkanes) is 30. The number of ether oxygens (including phenoxy) is 4. The van der Waals surface area contributed by atoms with Gasteiger partial charge in [-0.1, -0.05) is 247 Å². The molecule has 434 valence electrons. The number of esters is 2. The van der Waals surface area contributed by atoms with Crippen LogP contribution in [0.1, 0.15) is 271 Å². The molecule has 0 spiro atoms. The maximum absolute atomic E-state index is 12.9. The predicted octanol–water partition coefficient (Wildman–Crippen LogP) is 17.2. The average molecular weight is 1050 g/mol. The van der Waals surface area contributed by atoms with Gasteiger partial charge in [-0.3, -0.25) is 9.59 Å². The van der Waals surface area contributed by atoms with Crippen LogP contribution in [-0.4, -0.2) is 82.3 Å². The van der Waals surface area contributed by atoms with Crippen LogP contribution in [0.15, 0.2) is 72.9 Å². The summed E-state index contributed by atoms with van der Waals surface area (Å²) in [6.07, 6.45) is 71.1. The standard InChI is InChI=1S/C66H117NO8/c1-6-8-10-12-14-16-18-20-22-23-24-25-26-27-28-29-30-31-32-33-34-35-36-37-38-39-40-41-43-45-47-49-51-53-55-57-64(69)75-62(61-74-66(65(70)71)72-59-58-67(3,4)5)60-73-63(68)56-54-52-50-48-46-44-42-21-19-17-15-13-11-9-7-2/h8,10,14,16,20-22,24-25,27-28,42,62,66H,6-7,9,11-13,15,17-19,23,26,29-41,43-61H2,1-5H3/b10-8-,16-14-,22-20-,25-24-,28-27-,42-21-. The normalized spacial score (nSPS) is 13.2. The van der Waals surface area contributed by atoms with E-state index in [1.807, 2.05) is 21.1 Å². The number of aliphatic carboxylic acids is 1. The molecule has 0 aliphatic heterocycles. The third kappa shape index (κ3) is 58.3. The molecule has 0 saturated heterocycles. The van der Waals surface area contributed by atoms with Crippen molar-refractivity contribution in [3.8, 4) is 0 Å². The monoisotopic (exact) mass is 1050 g/mol. The fraction of sp³-hybridized carbons (Fsp3) is 0.773. The molecule has 0 aliphatic carbocycles. The first-order valence-electron chi connectivity index (χ1n) is 31.1. The second-order valence-electron chi connectivity index (χ2n) is 22.0. The Morgan fingerprint density at radius 3 is 1.15 bits per heavy atom. The van der Waals surface area contributed by atoms with Crippen LogP contribution in [-0.2, 0) is 33.3 Å². The number of nitrogens with zero attached hydrogens (tertiary/aromatic N) is 1. The van der Waals surface area contributed by atoms with Gasteiger partial charge in [0.25, 0.3) is 0 Å². The fourth-order valence-electron chi connectivity index (χ4n) is 8.68. The summed E-state index contributed by atoms with van der Waals surface area (Å²) in [4.78, 5) is 37.3. The van der Waals surface area contributed by atoms with Crippen molar-refractivity contribution < 1.29 is 42.9 Å². The first kappa shape index (κ1) is 71.7. The first-order chi connectivity index (χ1) is 36.6. The van der Waals surface area contributed by atoms with E-state index in [4.69, 9.17) is 18.9 Å². The van der Waals surface area contributed by atoms with Crippen molar-refractivity contribution >= 4 is 17.9 Å². The van der Waals surface area contributed by atoms with E-state index >= 15 is 0 Å². The number of rotatable bonds is 57. The molecule has 0 aliphatic rings. The second kappa shape index (κ2) is 56.9. The Kier molecular flexibility index (Phi) is 54.4. The number of allylic oxidation sites excluding steroid dienone is 12. The molecule has 75 heavy (non-hydrogen) atoms. The molecule has 0 aromatic carbocycles. The van der Waals surface area contributed by atoms with Gasteiger partial charge in [0.1, 0.15) is 13.2 Å². The van der Waals surface area contributed by atoms with Crippen LogP contribution in [0.5, 0.6) is 0 Å². The van der Waals surface area contributed by atoms with Gasteiger partial charge in [-0.15, -0.1) is 0 Å². The Balaban J connectivity index is 4.07. The average Bonchev–Trinajstić information content (AvgIpc) is 3.38. The van der Waals surface area contributed by atoms with Crippen LogP contribution >= 0.6 is 0 Å². The van der Waals surface area contributed by atoms with Crippen molar-refractivity contribution in [3.05, 3.63) is 72.9 Å². The molecular weight excluding hydrogens is 935 g/mol. The highest BCUT2D eigenvalue weighted by Crippen LogP contribution is 2.17. The fourth-order valence-corrected chi connectivity index (χ4v) is 8.68. The summed E-state index contributed by atoms with van der Waals surface area (Å²) >= 11 is 0. The maximum Gasteiger partial charge on any atom is 0.306 e. The molecule has 0 aromatic rings. The molecule has 0 rings (SSSR count). The smallest absolute Gasteiger partial charge is 0.306 e. The predicted molar refractivity (Wildman–Crippen MR) is 315 cm³/mol. The van der Waals surface area contributed by atoms with Gasteiger partial charge in [-0.25, -0.2) is 0 Å². The molecule has 0 saturated carbocycles. The number of hydrogen-bond donors (Lipinski definition) is 0. The summed E-state index contributed by atoms with van der Waals surface area (Å²) in [7, 11) is 5.92. The number of carboxylic acids is 1. The van der Waals surface area contributed by atoms with Gasteiger partial charge < -0.3 is 33.3 Å². The molecular formula is C66H117NO8. The lowest BCUT2D eigenvalue weighted by Crippen LogP contribution is -2.44. The van der Waals surface area contributed by atoms with Crippen molar-refractivity contribution in [1.29, 1.82) is 0 Å². The van der Waals surface area contributed by atoms with Crippen LogP contribution in [0.4, 0.5) is 0 Å². The molecule has 0 radical (unpaired) electrons. The van der Waals surface area contributed by atoms with Crippen LogP contribution in [0.25, 0.3) is 0 Å². The van der Waals surface area contributed by atoms with Crippen molar-refractivity contribution in [2.45, 2.75) is 283 Å². The van der Waals surface area contributed by atoms with Gasteiger partial charge in [-0.05, 0) is 83.5 Å². The summed E-state index contributed by atoms with van der Waals surface area (Å²) in [5, 5.41) is 11.8. The number of hydrogen-bond acceptors (Lipinski definition) is 8. The molecule has 0 bridgehead atoms. The molecule has 0 fully saturated rings. The maximum atomic E-state index is 12.9. The summed E-state index contributed by atoms with van der Waals surface area (Å²) in [5.41, 5.74) is 0. The highest BCUT2D eigenvalue weighted by Gasteiger charge is 2.22. The van der Waals surface area contributed by atoms with Crippen LogP contribution in [0.2, 0.25) is 0 Å². The Hall–Kier alpha value is -3.27. The molecule has 0 aromatic heterocycles. The van der Waals surface area contributed by atoms with Gasteiger partial charge in [0.2, 0.25) is 0 Å². The summed E-state index contributed by atoms with van der Waals surface area (Å²) in [6.45, 7) is 4.64. The van der Waals surface area contributed by atoms with E-state index in [0.29, 0.717) is 17.4 Å². The van der Waals surface area contributed by atoms with Crippen LogP contribution in [0, 0.1) is 0 Å². The van der Waals surface area contributed by atoms with Crippen LogP contribution < -0.4 is 5.11 Å². The van der Waals surface area contributed by atoms with Crippen molar-refractivity contribution in [3.63, 3.8) is 0 Å². The topological polar surface area (TPSA) is 111 Å². The van der Waals surface area contributed by atoms with E-state index in [2.05, 4.69) is 86.8 Å². The number of quaternary nitrogens is 1. The number of carboxylic acid groups (broad SMARTS) is 1. The van der Waals surface area contributed by atoms with Gasteiger partial charge in [-0.2, -0.15) is 0 Å². The SMILES string of the molecule is CC/C=C\C/C=C\C/C=C\C/C=C\C/C=C\CCCCCCCCCCCCCCCCCCCCCC(=O)OC(COC(=O)CCCCCCC/C=C\CCCCCCCC)COC(OCC[N+](C)(C)C)C(=O)[O-]. The molecule has 2 unspecified atom stereocenters. The van der Waals surface area contributed by atoms with Gasteiger partial charge >= 0.3 is 11.9 Å². The molecule has 0 heterocycles. The van der Waals surface area contributed by atoms with E-state index in [1.54, 1.807) is 0 Å². The lowest BCUT2D eigenvalue weighted by molar-refractivity contribution is -0.870. The van der Waals surface area contributed by atoms with Crippen molar-refractivity contribution in [1.82, 2.24) is 0 Å². The van der Waals surface area contributed by atoms with Gasteiger partial charge in [0.05, 0.1) is 40.3 Å². The zero-order valence-electron chi connectivity index (χ0n) is 49.4. The van der Waals surface area contributed by atoms with E-state index < -0.39 is 24.3 Å². The Bertz CT molecular complexity index is 1460. The second-order valence-corrected chi connectivity index (χ2v) is 22.0. The van der Waals surface area contributed by atoms with Crippen molar-refractivity contribution in [2.75, 3.05) is 47.5 Å². The van der Waals surface area contributed by atoms with Crippen molar-refractivity contribution in [2.24, 2.45) is 0 Å². The molecule has 0 amide bonds.